The predicted octanol–water partition coefficient (Wildman–Crippen LogP) is 3.79. The molecule has 4 rings (SSSR count). The Hall–Kier alpha value is -2.57. The van der Waals surface area contributed by atoms with Crippen molar-refractivity contribution in [2.45, 2.75) is 62.9 Å². The number of esters is 1. The SMILES string of the molecule is COc1ccc(S(=O)(=O)N(CC(C)C)C[C@@H](O)[C@@H](CC(=O)O[C@H]2CCO[C@H]3OCC[C@H]32)Cc2ccccc2)cc1F. The Balaban J connectivity index is 1.53. The van der Waals surface area contributed by atoms with Crippen molar-refractivity contribution in [1.82, 2.24) is 4.31 Å². The number of nitrogens with zero attached hydrogens (tertiary/aromatic N) is 1. The summed E-state index contributed by atoms with van der Waals surface area (Å²) in [7, 11) is -2.87. The number of hydrogen-bond donors (Lipinski definition) is 1. The van der Waals surface area contributed by atoms with Gasteiger partial charge in [0.15, 0.2) is 17.9 Å². The molecule has 9 nitrogen and oxygen atoms in total. The van der Waals surface area contributed by atoms with E-state index in [-0.39, 0.29) is 54.4 Å². The van der Waals surface area contributed by atoms with Crippen LogP contribution >= 0.6 is 0 Å². The lowest BCUT2D eigenvalue weighted by atomic mass is 9.90. The molecule has 0 amide bonds. The molecule has 226 valence electrons. The third kappa shape index (κ3) is 8.04. The molecule has 0 aromatic heterocycles. The number of hydrogen-bond acceptors (Lipinski definition) is 8. The highest BCUT2D eigenvalue weighted by molar-refractivity contribution is 7.89. The van der Waals surface area contributed by atoms with Crippen LogP contribution in [0, 0.1) is 23.6 Å². The zero-order chi connectivity index (χ0) is 29.6. The highest BCUT2D eigenvalue weighted by Gasteiger charge is 2.41. The number of halogens is 1. The molecule has 2 aromatic carbocycles. The molecule has 2 aromatic rings. The standard InChI is InChI=1S/C30H40FNO8S/c1-20(2)18-32(41(35,36)23-9-10-28(37-3)25(31)17-23)19-26(33)22(15-21-7-5-4-6-8-21)16-29(34)40-27-12-14-39-30-24(27)11-13-38-30/h4-10,17,20,22,24,26-27,30,33H,11-16,18-19H2,1-3H3/t22-,24+,26-,27+,30-/m1/s1. The van der Waals surface area contributed by atoms with E-state index in [1.165, 1.54) is 19.2 Å². The van der Waals surface area contributed by atoms with Gasteiger partial charge in [0.2, 0.25) is 10.0 Å². The fraction of sp³-hybridized carbons (Fsp3) is 0.567. The van der Waals surface area contributed by atoms with Crippen molar-refractivity contribution in [3.63, 3.8) is 0 Å². The van der Waals surface area contributed by atoms with Gasteiger partial charge in [0.25, 0.3) is 0 Å². The van der Waals surface area contributed by atoms with Gasteiger partial charge in [0.05, 0.1) is 37.7 Å². The smallest absolute Gasteiger partial charge is 0.306 e. The number of carbonyl (C=O) groups is 1. The summed E-state index contributed by atoms with van der Waals surface area (Å²) in [5, 5.41) is 11.5. The summed E-state index contributed by atoms with van der Waals surface area (Å²) in [5.41, 5.74) is 0.898. The number of aliphatic hydroxyl groups excluding tert-OH is 1. The Morgan fingerprint density at radius 3 is 2.46 bits per heavy atom. The maximum absolute atomic E-state index is 14.4. The van der Waals surface area contributed by atoms with Gasteiger partial charge in [-0.3, -0.25) is 4.79 Å². The van der Waals surface area contributed by atoms with Crippen LogP contribution in [0.25, 0.3) is 0 Å². The average Bonchev–Trinajstić information content (AvgIpc) is 3.42. The lowest BCUT2D eigenvalue weighted by Gasteiger charge is -2.33. The number of fused-ring (bicyclic) bond motifs is 1. The molecule has 0 radical (unpaired) electrons. The first-order valence-electron chi connectivity index (χ1n) is 14.1. The van der Waals surface area contributed by atoms with E-state index in [1.54, 1.807) is 0 Å². The van der Waals surface area contributed by atoms with Crippen LogP contribution in [0.3, 0.4) is 0 Å². The number of rotatable bonds is 13. The number of aliphatic hydroxyl groups is 1. The third-order valence-corrected chi connectivity index (χ3v) is 9.39. The van der Waals surface area contributed by atoms with Crippen molar-refractivity contribution >= 4 is 16.0 Å². The maximum Gasteiger partial charge on any atom is 0.306 e. The van der Waals surface area contributed by atoms with Gasteiger partial charge in [0, 0.05) is 31.3 Å². The number of ether oxygens (including phenoxy) is 4. The quantitative estimate of drug-likeness (QED) is 0.350. The highest BCUT2D eigenvalue weighted by atomic mass is 32.2. The minimum Gasteiger partial charge on any atom is -0.494 e. The Morgan fingerprint density at radius 1 is 1.10 bits per heavy atom. The van der Waals surface area contributed by atoms with Gasteiger partial charge in [-0.25, -0.2) is 12.8 Å². The molecule has 2 heterocycles. The summed E-state index contributed by atoms with van der Waals surface area (Å²) in [6.45, 7) is 4.53. The first-order valence-corrected chi connectivity index (χ1v) is 15.5. The van der Waals surface area contributed by atoms with Crippen LogP contribution in [0.4, 0.5) is 4.39 Å². The summed E-state index contributed by atoms with van der Waals surface area (Å²) in [6, 6.07) is 12.9. The minimum atomic E-state index is -4.17. The van der Waals surface area contributed by atoms with Gasteiger partial charge in [-0.2, -0.15) is 4.31 Å². The maximum atomic E-state index is 14.4. The minimum absolute atomic E-state index is 0.0261. The second kappa shape index (κ2) is 14.1. The molecule has 2 saturated heterocycles. The fourth-order valence-corrected chi connectivity index (χ4v) is 7.09. The molecular formula is C30H40FNO8S. The molecule has 41 heavy (non-hydrogen) atoms. The molecule has 11 heteroatoms. The average molecular weight is 594 g/mol. The van der Waals surface area contributed by atoms with Gasteiger partial charge in [-0.15, -0.1) is 0 Å². The molecular weight excluding hydrogens is 553 g/mol. The number of sulfonamides is 1. The van der Waals surface area contributed by atoms with Gasteiger partial charge in [0.1, 0.15) is 6.10 Å². The molecule has 0 aliphatic carbocycles. The third-order valence-electron chi connectivity index (χ3n) is 7.56. The number of carbonyl (C=O) groups excluding carboxylic acids is 1. The summed E-state index contributed by atoms with van der Waals surface area (Å²) in [4.78, 5) is 12.9. The van der Waals surface area contributed by atoms with Crippen LogP contribution in [-0.2, 0) is 35.4 Å². The highest BCUT2D eigenvalue weighted by Crippen LogP contribution is 2.33. The molecule has 0 spiro atoms. The van der Waals surface area contributed by atoms with Crippen molar-refractivity contribution in [2.75, 3.05) is 33.4 Å². The van der Waals surface area contributed by atoms with E-state index >= 15 is 0 Å². The molecule has 2 aliphatic heterocycles. The Labute approximate surface area is 241 Å². The fourth-order valence-electron chi connectivity index (χ4n) is 5.46. The largest absolute Gasteiger partial charge is 0.494 e. The second-order valence-electron chi connectivity index (χ2n) is 11.1. The lowest BCUT2D eigenvalue weighted by Crippen LogP contribution is -2.44. The molecule has 5 atom stereocenters. The van der Waals surface area contributed by atoms with Crippen molar-refractivity contribution in [1.29, 1.82) is 0 Å². The number of methoxy groups -OCH3 is 1. The lowest BCUT2D eigenvalue weighted by molar-refractivity contribution is -0.195. The van der Waals surface area contributed by atoms with E-state index in [4.69, 9.17) is 18.9 Å². The molecule has 0 bridgehead atoms. The number of benzene rings is 2. The van der Waals surface area contributed by atoms with Crippen LogP contribution < -0.4 is 4.74 Å². The molecule has 2 aliphatic rings. The molecule has 2 fully saturated rings. The van der Waals surface area contributed by atoms with Crippen LogP contribution in [0.2, 0.25) is 0 Å². The van der Waals surface area contributed by atoms with Crippen LogP contribution in [0.5, 0.6) is 5.75 Å². The summed E-state index contributed by atoms with van der Waals surface area (Å²) in [6.07, 6.45) is -0.346. The van der Waals surface area contributed by atoms with Crippen molar-refractivity contribution in [2.24, 2.45) is 17.8 Å². The first-order chi connectivity index (χ1) is 19.6. The van der Waals surface area contributed by atoms with Gasteiger partial charge >= 0.3 is 5.97 Å². The zero-order valence-electron chi connectivity index (χ0n) is 23.8. The second-order valence-corrected chi connectivity index (χ2v) is 13.1. The van der Waals surface area contributed by atoms with Crippen molar-refractivity contribution in [3.8, 4) is 5.75 Å². The Morgan fingerprint density at radius 2 is 1.80 bits per heavy atom. The summed E-state index contributed by atoms with van der Waals surface area (Å²) < 4.78 is 64.8. The van der Waals surface area contributed by atoms with Gasteiger partial charge in [-0.05, 0) is 42.5 Å². The normalized spacial score (nSPS) is 22.4. The Kier molecular flexibility index (Phi) is 10.8. The van der Waals surface area contributed by atoms with Gasteiger partial charge in [-0.1, -0.05) is 44.2 Å². The monoisotopic (exact) mass is 593 g/mol. The topological polar surface area (TPSA) is 112 Å². The van der Waals surface area contributed by atoms with E-state index in [0.29, 0.717) is 26.1 Å². The van der Waals surface area contributed by atoms with Crippen molar-refractivity contribution < 1.29 is 41.7 Å². The Bertz CT molecular complexity index is 1260. The van der Waals surface area contributed by atoms with Crippen LogP contribution in [0.15, 0.2) is 53.4 Å². The summed E-state index contributed by atoms with van der Waals surface area (Å²) >= 11 is 0. The molecule has 1 N–H and O–H groups in total. The van der Waals surface area contributed by atoms with E-state index < -0.39 is 33.8 Å². The van der Waals surface area contributed by atoms with Gasteiger partial charge < -0.3 is 24.1 Å². The van der Waals surface area contributed by atoms with E-state index in [1.807, 2.05) is 44.2 Å². The first kappa shape index (κ1) is 31.4. The predicted molar refractivity (Wildman–Crippen MR) is 149 cm³/mol. The zero-order valence-corrected chi connectivity index (χ0v) is 24.6. The van der Waals surface area contributed by atoms with Crippen LogP contribution in [-0.4, -0.2) is 75.7 Å². The molecule has 0 saturated carbocycles. The van der Waals surface area contributed by atoms with E-state index in [2.05, 4.69) is 0 Å². The van der Waals surface area contributed by atoms with E-state index in [0.717, 1.165) is 22.4 Å². The van der Waals surface area contributed by atoms with Crippen LogP contribution in [0.1, 0.15) is 38.7 Å². The van der Waals surface area contributed by atoms with Crippen molar-refractivity contribution in [3.05, 3.63) is 59.9 Å². The summed E-state index contributed by atoms with van der Waals surface area (Å²) in [5.74, 6) is -2.06. The molecule has 0 unspecified atom stereocenters. The van der Waals surface area contributed by atoms with E-state index in [9.17, 15) is 22.7 Å².